The van der Waals surface area contributed by atoms with Crippen LogP contribution >= 0.6 is 0 Å². The van der Waals surface area contributed by atoms with Crippen LogP contribution in [-0.2, 0) is 99.2 Å². The average Bonchev–Trinajstić information content (AvgIpc) is 1.48. The monoisotopic (exact) mass is 1620 g/mol. The van der Waals surface area contributed by atoms with Crippen LogP contribution in [0.4, 0.5) is 8.78 Å². The zero-order chi connectivity index (χ0) is 86.1. The highest BCUT2D eigenvalue weighted by atomic mass is 19.1. The Bertz CT molecular complexity index is 4310. The molecule has 5 aromatic rings. The molecule has 0 bridgehead atoms. The number of benzene rings is 4. The number of nitrogens with zero attached hydrogens (tertiary/aromatic N) is 2. The topological polar surface area (TPSA) is 559 Å². The van der Waals surface area contributed by atoms with Gasteiger partial charge in [-0.05, 0) is 138 Å². The van der Waals surface area contributed by atoms with Crippen LogP contribution in [0.3, 0.4) is 0 Å². The summed E-state index contributed by atoms with van der Waals surface area (Å²) in [5, 5.41) is 66.2. The predicted molar refractivity (Wildman–Crippen MR) is 415 cm³/mol. The number of aliphatic hydroxyl groups excluding tert-OH is 3. The highest BCUT2D eigenvalue weighted by molar-refractivity contribution is 6.02. The number of imidazole rings is 1. The number of carbonyl (C=O) groups excluding carboxylic acids is 13. The van der Waals surface area contributed by atoms with Gasteiger partial charge < -0.3 is 105 Å². The number of hydrogen-bond donors (Lipinski definition) is 18. The zero-order valence-electron chi connectivity index (χ0n) is 66.1. The van der Waals surface area contributed by atoms with E-state index in [1.54, 1.807) is 51.3 Å². The first kappa shape index (κ1) is 93.0. The van der Waals surface area contributed by atoms with Gasteiger partial charge >= 0.3 is 5.97 Å². The normalized spacial score (nSPS) is 16.8. The van der Waals surface area contributed by atoms with E-state index in [9.17, 15) is 87.5 Å². The largest absolute Gasteiger partial charge is 0.497 e. The molecule has 1 fully saturated rings. The first-order chi connectivity index (χ1) is 54.7. The molecule has 37 heteroatoms. The second-order valence-corrected chi connectivity index (χ2v) is 29.7. The van der Waals surface area contributed by atoms with Gasteiger partial charge in [0.05, 0.1) is 51.3 Å². The van der Waals surface area contributed by atoms with Crippen molar-refractivity contribution in [2.45, 2.75) is 210 Å². The lowest BCUT2D eigenvalue weighted by atomic mass is 9.89. The highest BCUT2D eigenvalue weighted by Gasteiger charge is 2.49. The summed E-state index contributed by atoms with van der Waals surface area (Å²) in [6.45, 7) is 8.70. The van der Waals surface area contributed by atoms with Gasteiger partial charge in [-0.25, -0.2) is 13.8 Å². The molecule has 21 N–H and O–H groups in total. The summed E-state index contributed by atoms with van der Waals surface area (Å²) in [5.41, 5.74) is 15.0. The lowest BCUT2D eigenvalue weighted by molar-refractivity contribution is -0.147. The molecule has 116 heavy (non-hydrogen) atoms. The van der Waals surface area contributed by atoms with Crippen molar-refractivity contribution in [3.05, 3.63) is 143 Å². The number of amides is 13. The van der Waals surface area contributed by atoms with Crippen LogP contribution < -0.4 is 75.1 Å². The first-order valence-corrected chi connectivity index (χ1v) is 37.8. The number of aliphatic carboxylic acids is 1. The van der Waals surface area contributed by atoms with Gasteiger partial charge in [0.25, 0.3) is 0 Å². The number of H-pyrrole nitrogens is 1. The van der Waals surface area contributed by atoms with Gasteiger partial charge in [-0.1, -0.05) is 87.5 Å². The fourth-order valence-corrected chi connectivity index (χ4v) is 13.0. The summed E-state index contributed by atoms with van der Waals surface area (Å²) < 4.78 is 36.6. The van der Waals surface area contributed by atoms with E-state index < -0.39 is 216 Å². The fraction of sp³-hybridized carbons (Fsp3) is 0.481. The molecule has 2 heterocycles. The van der Waals surface area contributed by atoms with Crippen molar-refractivity contribution >= 4 is 82.8 Å². The van der Waals surface area contributed by atoms with Crippen LogP contribution in [-0.4, -0.2) is 222 Å². The number of primary amides is 2. The lowest BCUT2D eigenvalue weighted by Gasteiger charge is -2.37. The summed E-state index contributed by atoms with van der Waals surface area (Å²) in [6.07, 6.45) is -2.90. The number of halogens is 2. The van der Waals surface area contributed by atoms with E-state index >= 15 is 8.78 Å². The number of methoxy groups -OCH3 is 1. The molecule has 4 aromatic carbocycles. The number of aryl methyl sites for hydroxylation is 2. The van der Waals surface area contributed by atoms with Crippen molar-refractivity contribution in [1.82, 2.24) is 68.0 Å². The first-order valence-electron chi connectivity index (χ1n) is 37.8. The molecule has 0 spiro atoms. The molecule has 630 valence electrons. The minimum absolute atomic E-state index is 0.0226. The number of carbonyl (C=O) groups is 14. The molecule has 1 aromatic heterocycles. The molecule has 1 aliphatic heterocycles. The Morgan fingerprint density at radius 3 is 1.87 bits per heavy atom. The van der Waals surface area contributed by atoms with Crippen molar-refractivity contribution in [3.63, 3.8) is 0 Å². The minimum atomic E-state index is -2.68. The molecule has 1 unspecified atom stereocenters. The lowest BCUT2D eigenvalue weighted by Crippen LogP contribution is -2.67. The number of carboxylic acid groups (broad SMARTS) is 1. The number of carboxylic acids is 1. The maximum atomic E-state index is 15.6. The molecule has 1 saturated heterocycles. The molecule has 6 rings (SSSR count). The number of nitrogens with one attached hydrogen (secondary N) is 11. The Hall–Kier alpha value is -11.8. The summed E-state index contributed by atoms with van der Waals surface area (Å²) >= 11 is 0. The SMILES string of the molecule is CCc1cc(OC)ccc1-c1ccc(C[C@H](NC(=O)[C@H](CC(=O)O)NC(=O)[C@H](CO)NC(=O)[C@@H](NC(=O)[C@](C)(Cc2c(F)cccc2F)NC(=O)[C@@H](NC(=O)CNC(=O)[C@H](CCC(N)=O)NC(=O)[C@]2(C)CCCN2C(=O)[C@H](Cc2cnc[nH]2)NC(=O)C(N)C(C)C)[C@@H](C)O)[C@@H](C)O)C(=O)N[C@@](C)(CCCc2ccccc2)C(N)=O)cc1. The van der Waals surface area contributed by atoms with Gasteiger partial charge in [-0.15, -0.1) is 0 Å². The predicted octanol–water partition coefficient (Wildman–Crippen LogP) is -1.42. The maximum absolute atomic E-state index is 15.6. The van der Waals surface area contributed by atoms with E-state index in [2.05, 4.69) is 63.1 Å². The van der Waals surface area contributed by atoms with Crippen molar-refractivity contribution in [2.75, 3.05) is 26.8 Å². The minimum Gasteiger partial charge on any atom is -0.497 e. The fourth-order valence-electron chi connectivity index (χ4n) is 13.0. The van der Waals surface area contributed by atoms with Crippen molar-refractivity contribution in [3.8, 4) is 16.9 Å². The maximum Gasteiger partial charge on any atom is 0.305 e. The van der Waals surface area contributed by atoms with E-state index in [0.29, 0.717) is 36.3 Å². The summed E-state index contributed by atoms with van der Waals surface area (Å²) in [6, 6.07) is 10.1. The van der Waals surface area contributed by atoms with Crippen LogP contribution in [0.2, 0.25) is 0 Å². The summed E-state index contributed by atoms with van der Waals surface area (Å²) in [7, 11) is 1.54. The van der Waals surface area contributed by atoms with Crippen LogP contribution in [0.5, 0.6) is 5.75 Å². The van der Waals surface area contributed by atoms with Gasteiger partial charge in [-0.3, -0.25) is 67.1 Å². The average molecular weight is 1620 g/mol. The number of aromatic amines is 1. The van der Waals surface area contributed by atoms with E-state index in [0.717, 1.165) is 61.2 Å². The molecular formula is C79H106F2N16O19. The number of hydrogen-bond acceptors (Lipinski definition) is 20. The second-order valence-electron chi connectivity index (χ2n) is 29.7. The molecule has 35 nitrogen and oxygen atoms in total. The molecule has 0 aliphatic carbocycles. The summed E-state index contributed by atoms with van der Waals surface area (Å²) in [4.78, 5) is 202. The van der Waals surface area contributed by atoms with E-state index in [1.165, 1.54) is 31.3 Å². The third-order valence-electron chi connectivity index (χ3n) is 20.1. The molecule has 0 saturated carbocycles. The molecular weight excluding hydrogens is 1510 g/mol. The Kier molecular flexibility index (Phi) is 34.1. The van der Waals surface area contributed by atoms with Gasteiger partial charge in [-0.2, -0.15) is 0 Å². The summed E-state index contributed by atoms with van der Waals surface area (Å²) in [5.74, 6) is -18.4. The van der Waals surface area contributed by atoms with Gasteiger partial charge in [0.1, 0.15) is 76.3 Å². The molecule has 0 radical (unpaired) electrons. The number of likely N-dealkylation sites (tertiary alicyclic amines) is 1. The third kappa shape index (κ3) is 25.8. The van der Waals surface area contributed by atoms with Gasteiger partial charge in [0.2, 0.25) is 76.8 Å². The number of nitrogens with two attached hydrogens (primary N) is 3. The number of aliphatic hydroxyl groups is 3. The van der Waals surface area contributed by atoms with Crippen LogP contribution in [0, 0.1) is 17.6 Å². The molecule has 1 aliphatic rings. The van der Waals surface area contributed by atoms with Crippen LogP contribution in [0.1, 0.15) is 128 Å². The number of rotatable bonds is 44. The highest BCUT2D eigenvalue weighted by Crippen LogP contribution is 2.32. The quantitative estimate of drug-likeness (QED) is 0.0213. The van der Waals surface area contributed by atoms with Crippen molar-refractivity contribution < 1.29 is 101 Å². The van der Waals surface area contributed by atoms with Crippen LogP contribution in [0.15, 0.2) is 104 Å². The Balaban J connectivity index is 1.18. The van der Waals surface area contributed by atoms with Gasteiger partial charge in [0, 0.05) is 49.7 Å². The third-order valence-corrected chi connectivity index (χ3v) is 20.1. The molecule has 13 amide bonds. The Morgan fingerprint density at radius 2 is 1.29 bits per heavy atom. The van der Waals surface area contributed by atoms with E-state index in [1.807, 2.05) is 49.4 Å². The van der Waals surface area contributed by atoms with E-state index in [-0.39, 0.29) is 44.6 Å². The Labute approximate surface area is 668 Å². The zero-order valence-corrected chi connectivity index (χ0v) is 66.1. The van der Waals surface area contributed by atoms with Gasteiger partial charge in [0.15, 0.2) is 0 Å². The van der Waals surface area contributed by atoms with Crippen molar-refractivity contribution in [2.24, 2.45) is 23.1 Å². The Morgan fingerprint density at radius 1 is 0.681 bits per heavy atom. The van der Waals surface area contributed by atoms with Crippen LogP contribution in [0.25, 0.3) is 11.1 Å². The number of aromatic nitrogens is 2. The molecule has 13 atom stereocenters. The number of ether oxygens (including phenoxy) is 1. The van der Waals surface area contributed by atoms with Crippen molar-refractivity contribution in [1.29, 1.82) is 0 Å². The standard InChI is InChI=1S/C79H106F2N16O19/c1-10-47-34-50(116-9)26-27-51(47)48-24-22-46(23-25-48)33-56(69(108)95-77(6,74(84)113)30-15-19-45-17-12-11-13-18-45)88-67(106)57(36-62(103)104)89-68(107)59(40-98)91-71(110)64(43(4)99)94-75(114)78(7,37-52-53(80)20-14-21-54(52)81)96-72(111)65(44(5)100)93-61(102)39-86-66(105)55(28-29-60(82)101)92-76(115)79(8)31-16-32-97(79)73(112)58(35-49-38-85-41-87-49)90-70(109)63(83)42(2)3/h11-14,17-18,20-27,34,38,41-44,55-59,63-65,98-100H,10,15-16,19,28-33,35-37,39-40,83H2,1-9H3,(H2,82,101)(H2,84,113)(H,85,87)(H,86,105)(H,88,106)(H,89,107)(H,90,109)(H,91,110)(H,92,115)(H,93,102)(H,94,114)(H,95,108)(H,96,111)(H,103,104)/t43-,44-,55+,56+,57+,58+,59+,63?,64+,65+,77+,78+,79+/m1/s1. The second kappa shape index (κ2) is 42.5. The van der Waals surface area contributed by atoms with E-state index in [4.69, 9.17) is 21.9 Å². The smallest absolute Gasteiger partial charge is 0.305 e.